The van der Waals surface area contributed by atoms with Crippen LogP contribution < -0.4 is 11.1 Å². The molecule has 1 amide bonds. The first-order valence-electron chi connectivity index (χ1n) is 6.28. The van der Waals surface area contributed by atoms with E-state index in [-0.39, 0.29) is 21.4 Å². The summed E-state index contributed by atoms with van der Waals surface area (Å²) in [6.07, 6.45) is 1.09. The number of anilines is 2. The maximum atomic E-state index is 12.1. The van der Waals surface area contributed by atoms with Gasteiger partial charge in [-0.3, -0.25) is 4.79 Å². The lowest BCUT2D eigenvalue weighted by Crippen LogP contribution is -2.21. The van der Waals surface area contributed by atoms with Crippen molar-refractivity contribution >= 4 is 37.8 Å². The van der Waals surface area contributed by atoms with Crippen molar-refractivity contribution in [3.8, 4) is 0 Å². The predicted molar refractivity (Wildman–Crippen MR) is 86.9 cm³/mol. The molecule has 0 unspecified atom stereocenters. The van der Waals surface area contributed by atoms with E-state index in [2.05, 4.69) is 5.32 Å². The molecule has 7 nitrogen and oxygen atoms in total. The molecule has 0 aliphatic carbocycles. The standard InChI is InChI=1S/C12H22N4O3S2/c1-15(2)7-6-14-11-10(21(5,18)19)8(13)9(20-11)12(17)16(3)4/h14H,6-7,13H2,1-5H3. The number of nitrogens with two attached hydrogens (primary N) is 1. The summed E-state index contributed by atoms with van der Waals surface area (Å²) in [6, 6.07) is 0. The zero-order chi connectivity index (χ0) is 16.4. The molecule has 0 saturated heterocycles. The molecule has 0 radical (unpaired) electrons. The number of carbonyl (C=O) groups is 1. The highest BCUT2D eigenvalue weighted by Crippen LogP contribution is 2.39. The van der Waals surface area contributed by atoms with Crippen molar-refractivity contribution in [3.63, 3.8) is 0 Å². The number of nitrogens with zero attached hydrogens (tertiary/aromatic N) is 2. The Labute approximate surface area is 129 Å². The number of rotatable bonds is 6. The van der Waals surface area contributed by atoms with Crippen molar-refractivity contribution in [2.45, 2.75) is 4.90 Å². The third-order valence-corrected chi connectivity index (χ3v) is 5.16. The van der Waals surface area contributed by atoms with E-state index in [0.717, 1.165) is 24.1 Å². The van der Waals surface area contributed by atoms with E-state index >= 15 is 0 Å². The van der Waals surface area contributed by atoms with E-state index in [1.165, 1.54) is 4.90 Å². The van der Waals surface area contributed by atoms with Gasteiger partial charge in [-0.05, 0) is 14.1 Å². The predicted octanol–water partition coefficient (Wildman–Crippen LogP) is 0.409. The van der Waals surface area contributed by atoms with Crippen LogP contribution in [-0.4, -0.2) is 71.7 Å². The molecule has 0 aromatic carbocycles. The van der Waals surface area contributed by atoms with Crippen LogP contribution in [0.5, 0.6) is 0 Å². The molecule has 1 heterocycles. The minimum absolute atomic E-state index is 0.0106. The number of amides is 1. The van der Waals surface area contributed by atoms with Gasteiger partial charge in [0.05, 0.1) is 5.69 Å². The average molecular weight is 334 g/mol. The number of hydrogen-bond acceptors (Lipinski definition) is 7. The Balaban J connectivity index is 3.23. The second-order valence-corrected chi connectivity index (χ2v) is 8.18. The van der Waals surface area contributed by atoms with Gasteiger partial charge in [-0.2, -0.15) is 0 Å². The van der Waals surface area contributed by atoms with Gasteiger partial charge in [0.15, 0.2) is 9.84 Å². The molecular weight excluding hydrogens is 312 g/mol. The van der Waals surface area contributed by atoms with Gasteiger partial charge >= 0.3 is 0 Å². The van der Waals surface area contributed by atoms with Gasteiger partial charge in [-0.25, -0.2) is 8.42 Å². The van der Waals surface area contributed by atoms with Gasteiger partial charge in [0.25, 0.3) is 5.91 Å². The van der Waals surface area contributed by atoms with Crippen LogP contribution in [0.15, 0.2) is 4.90 Å². The van der Waals surface area contributed by atoms with Crippen LogP contribution in [0.1, 0.15) is 9.67 Å². The summed E-state index contributed by atoms with van der Waals surface area (Å²) in [5.74, 6) is -0.303. The molecule has 0 spiro atoms. The number of carbonyl (C=O) groups excluding carboxylic acids is 1. The first kappa shape index (κ1) is 17.7. The fourth-order valence-electron chi connectivity index (χ4n) is 1.67. The fourth-order valence-corrected chi connectivity index (χ4v) is 4.29. The number of nitrogens with one attached hydrogen (secondary N) is 1. The van der Waals surface area contributed by atoms with E-state index in [9.17, 15) is 13.2 Å². The van der Waals surface area contributed by atoms with Crippen LogP contribution in [0, 0.1) is 0 Å². The van der Waals surface area contributed by atoms with Gasteiger partial charge in [-0.15, -0.1) is 11.3 Å². The highest BCUT2D eigenvalue weighted by molar-refractivity contribution is 7.91. The summed E-state index contributed by atoms with van der Waals surface area (Å²) in [5, 5.41) is 3.47. The number of thiophene rings is 1. The molecule has 3 N–H and O–H groups in total. The monoisotopic (exact) mass is 334 g/mol. The lowest BCUT2D eigenvalue weighted by molar-refractivity contribution is 0.0833. The second-order valence-electron chi connectivity index (χ2n) is 5.20. The Bertz CT molecular complexity index is 621. The number of hydrogen-bond donors (Lipinski definition) is 2. The third-order valence-electron chi connectivity index (χ3n) is 2.72. The number of nitrogen functional groups attached to an aromatic ring is 1. The van der Waals surface area contributed by atoms with E-state index in [1.54, 1.807) is 14.1 Å². The van der Waals surface area contributed by atoms with Gasteiger partial charge in [0.2, 0.25) is 0 Å². The molecule has 0 saturated carbocycles. The molecule has 0 aliphatic heterocycles. The zero-order valence-electron chi connectivity index (χ0n) is 12.9. The van der Waals surface area contributed by atoms with Crippen LogP contribution in [0.4, 0.5) is 10.7 Å². The first-order chi connectivity index (χ1) is 9.55. The largest absolute Gasteiger partial charge is 0.396 e. The molecule has 0 bridgehead atoms. The van der Waals surface area contributed by atoms with Crippen LogP contribution in [0.3, 0.4) is 0 Å². The highest BCUT2D eigenvalue weighted by atomic mass is 32.2. The molecule has 0 atom stereocenters. The smallest absolute Gasteiger partial charge is 0.265 e. The summed E-state index contributed by atoms with van der Waals surface area (Å²) >= 11 is 1.08. The Morgan fingerprint density at radius 3 is 2.29 bits per heavy atom. The molecule has 21 heavy (non-hydrogen) atoms. The maximum absolute atomic E-state index is 12.1. The number of likely N-dealkylation sites (N-methyl/N-ethyl adjacent to an activating group) is 1. The molecule has 9 heteroatoms. The third kappa shape index (κ3) is 4.32. The Kier molecular flexibility index (Phi) is 5.60. The summed E-state index contributed by atoms with van der Waals surface area (Å²) in [4.78, 5) is 15.7. The Morgan fingerprint density at radius 1 is 1.29 bits per heavy atom. The van der Waals surface area contributed by atoms with Gasteiger partial charge < -0.3 is 20.9 Å². The lowest BCUT2D eigenvalue weighted by atomic mass is 10.3. The molecule has 0 fully saturated rings. The molecule has 1 aromatic rings. The zero-order valence-corrected chi connectivity index (χ0v) is 14.6. The van der Waals surface area contributed by atoms with Crippen molar-refractivity contribution in [3.05, 3.63) is 4.88 Å². The van der Waals surface area contributed by atoms with E-state index in [4.69, 9.17) is 5.73 Å². The van der Waals surface area contributed by atoms with Gasteiger partial charge in [0, 0.05) is 33.4 Å². The van der Waals surface area contributed by atoms with Gasteiger partial charge in [-0.1, -0.05) is 0 Å². The summed E-state index contributed by atoms with van der Waals surface area (Å²) in [5.41, 5.74) is 5.92. The SMILES string of the molecule is CN(C)CCNc1sc(C(=O)N(C)C)c(N)c1S(C)(=O)=O. The fraction of sp³-hybridized carbons (Fsp3) is 0.583. The Hall–Kier alpha value is -1.32. The van der Waals surface area contributed by atoms with Crippen molar-refractivity contribution < 1.29 is 13.2 Å². The van der Waals surface area contributed by atoms with E-state index in [1.807, 2.05) is 19.0 Å². The topological polar surface area (TPSA) is 95.7 Å². The second kappa shape index (κ2) is 6.63. The average Bonchev–Trinajstić information content (AvgIpc) is 2.64. The normalized spacial score (nSPS) is 11.7. The minimum Gasteiger partial charge on any atom is -0.396 e. The molecule has 120 valence electrons. The first-order valence-corrected chi connectivity index (χ1v) is 8.99. The van der Waals surface area contributed by atoms with E-state index < -0.39 is 9.84 Å². The summed E-state index contributed by atoms with van der Waals surface area (Å²) in [7, 11) is 3.52. The summed E-state index contributed by atoms with van der Waals surface area (Å²) in [6.45, 7) is 1.29. The maximum Gasteiger partial charge on any atom is 0.265 e. The highest BCUT2D eigenvalue weighted by Gasteiger charge is 2.27. The summed E-state index contributed by atoms with van der Waals surface area (Å²) < 4.78 is 23.9. The quantitative estimate of drug-likeness (QED) is 0.782. The van der Waals surface area contributed by atoms with Gasteiger partial charge in [0.1, 0.15) is 14.8 Å². The van der Waals surface area contributed by atoms with Crippen LogP contribution in [0.2, 0.25) is 0 Å². The molecule has 1 rings (SSSR count). The number of sulfone groups is 1. The Morgan fingerprint density at radius 2 is 1.86 bits per heavy atom. The van der Waals surface area contributed by atoms with Crippen molar-refractivity contribution in [2.75, 3.05) is 58.6 Å². The minimum atomic E-state index is -3.51. The van der Waals surface area contributed by atoms with Crippen LogP contribution in [-0.2, 0) is 9.84 Å². The van der Waals surface area contributed by atoms with Crippen LogP contribution >= 0.6 is 11.3 Å². The van der Waals surface area contributed by atoms with E-state index in [0.29, 0.717) is 11.5 Å². The molecule has 0 aliphatic rings. The molecular formula is C12H22N4O3S2. The van der Waals surface area contributed by atoms with Crippen LogP contribution in [0.25, 0.3) is 0 Å². The van der Waals surface area contributed by atoms with Crippen molar-refractivity contribution in [1.29, 1.82) is 0 Å². The van der Waals surface area contributed by atoms with Crippen molar-refractivity contribution in [2.24, 2.45) is 0 Å². The van der Waals surface area contributed by atoms with Crippen molar-refractivity contribution in [1.82, 2.24) is 9.80 Å². The molecule has 1 aromatic heterocycles. The lowest BCUT2D eigenvalue weighted by Gasteiger charge is -2.11.